The summed E-state index contributed by atoms with van der Waals surface area (Å²) in [6, 6.07) is 15.2. The van der Waals surface area contributed by atoms with E-state index < -0.39 is 0 Å². The second-order valence-corrected chi connectivity index (χ2v) is 7.70. The average Bonchev–Trinajstić information content (AvgIpc) is 2.63. The molecule has 0 aliphatic heterocycles. The van der Waals surface area contributed by atoms with Crippen molar-refractivity contribution in [1.82, 2.24) is 0 Å². The normalized spacial score (nSPS) is 11.0. The molecule has 0 aromatic heterocycles. The number of amides is 2. The summed E-state index contributed by atoms with van der Waals surface area (Å²) in [7, 11) is 0. The van der Waals surface area contributed by atoms with Gasteiger partial charge < -0.3 is 15.0 Å². The van der Waals surface area contributed by atoms with Crippen LogP contribution < -0.4 is 15.0 Å². The number of hydrogen-bond donors (Lipinski definition) is 1. The van der Waals surface area contributed by atoms with Crippen LogP contribution in [0.15, 0.2) is 48.5 Å². The number of para-hydroxylation sites is 2. The van der Waals surface area contributed by atoms with Crippen molar-refractivity contribution < 1.29 is 14.3 Å². The molecule has 0 heterocycles. The van der Waals surface area contributed by atoms with Crippen molar-refractivity contribution >= 4 is 23.2 Å². The van der Waals surface area contributed by atoms with Crippen molar-refractivity contribution in [3.05, 3.63) is 54.1 Å². The predicted molar refractivity (Wildman–Crippen MR) is 114 cm³/mol. The van der Waals surface area contributed by atoms with E-state index in [0.717, 1.165) is 5.69 Å². The lowest BCUT2D eigenvalue weighted by atomic mass is 9.87. The van der Waals surface area contributed by atoms with E-state index >= 15 is 0 Å². The highest BCUT2D eigenvalue weighted by Crippen LogP contribution is 2.28. The first kappa shape index (κ1) is 21.5. The Morgan fingerprint density at radius 1 is 1.04 bits per heavy atom. The van der Waals surface area contributed by atoms with Crippen LogP contribution in [0.2, 0.25) is 0 Å². The number of benzene rings is 2. The Morgan fingerprint density at radius 3 is 2.25 bits per heavy atom. The third-order valence-electron chi connectivity index (χ3n) is 4.43. The van der Waals surface area contributed by atoms with E-state index in [0.29, 0.717) is 18.0 Å². The number of hydrogen-bond acceptors (Lipinski definition) is 3. The summed E-state index contributed by atoms with van der Waals surface area (Å²) >= 11 is 0. The van der Waals surface area contributed by atoms with Crippen LogP contribution in [0, 0.1) is 0 Å². The van der Waals surface area contributed by atoms with E-state index in [2.05, 4.69) is 26.1 Å². The van der Waals surface area contributed by atoms with Gasteiger partial charge in [0.1, 0.15) is 5.75 Å². The number of nitrogens with zero attached hydrogens (tertiary/aromatic N) is 1. The molecule has 28 heavy (non-hydrogen) atoms. The first-order valence-electron chi connectivity index (χ1n) is 9.62. The molecule has 0 bridgehead atoms. The van der Waals surface area contributed by atoms with Gasteiger partial charge >= 0.3 is 0 Å². The van der Waals surface area contributed by atoms with Crippen LogP contribution in [0.3, 0.4) is 0 Å². The molecule has 0 fully saturated rings. The first-order chi connectivity index (χ1) is 13.2. The minimum Gasteiger partial charge on any atom is -0.492 e. The van der Waals surface area contributed by atoms with Crippen LogP contribution >= 0.6 is 0 Å². The molecule has 150 valence electrons. The second kappa shape index (κ2) is 9.40. The summed E-state index contributed by atoms with van der Waals surface area (Å²) in [5.41, 5.74) is 2.71. The molecule has 2 rings (SSSR count). The minimum absolute atomic E-state index is 0.0679. The van der Waals surface area contributed by atoms with Crippen molar-refractivity contribution in [3.8, 4) is 5.75 Å². The van der Waals surface area contributed by atoms with Crippen molar-refractivity contribution in [3.63, 3.8) is 0 Å². The molecular formula is C23H30N2O3. The lowest BCUT2D eigenvalue weighted by molar-refractivity contribution is -0.117. The highest BCUT2D eigenvalue weighted by molar-refractivity contribution is 5.95. The molecular weight excluding hydrogens is 352 g/mol. The number of nitrogens with one attached hydrogen (secondary N) is 1. The molecule has 0 unspecified atom stereocenters. The predicted octanol–water partition coefficient (Wildman–Crippen LogP) is 4.76. The maximum atomic E-state index is 12.4. The van der Waals surface area contributed by atoms with E-state index in [1.807, 2.05) is 55.5 Å². The van der Waals surface area contributed by atoms with Crippen molar-refractivity contribution in [2.75, 3.05) is 23.4 Å². The van der Waals surface area contributed by atoms with E-state index in [1.165, 1.54) is 12.5 Å². The Balaban J connectivity index is 2.02. The first-order valence-corrected chi connectivity index (χ1v) is 9.62. The summed E-state index contributed by atoms with van der Waals surface area (Å²) in [4.78, 5) is 26.1. The van der Waals surface area contributed by atoms with Crippen LogP contribution in [0.4, 0.5) is 11.4 Å². The van der Waals surface area contributed by atoms with E-state index in [4.69, 9.17) is 4.74 Å². The maximum absolute atomic E-state index is 12.4. The van der Waals surface area contributed by atoms with Gasteiger partial charge in [-0.15, -0.1) is 0 Å². The van der Waals surface area contributed by atoms with E-state index in [9.17, 15) is 9.59 Å². The van der Waals surface area contributed by atoms with Gasteiger partial charge in [0.25, 0.3) is 0 Å². The molecule has 0 saturated carbocycles. The van der Waals surface area contributed by atoms with Crippen LogP contribution in [0.25, 0.3) is 0 Å². The Hall–Kier alpha value is -2.82. The molecule has 0 radical (unpaired) electrons. The van der Waals surface area contributed by atoms with Gasteiger partial charge in [-0.3, -0.25) is 9.59 Å². The van der Waals surface area contributed by atoms with Crippen LogP contribution in [0.5, 0.6) is 5.75 Å². The zero-order valence-corrected chi connectivity index (χ0v) is 17.4. The Labute approximate surface area is 167 Å². The van der Waals surface area contributed by atoms with Gasteiger partial charge in [-0.05, 0) is 42.2 Å². The van der Waals surface area contributed by atoms with Gasteiger partial charge in [0.15, 0.2) is 0 Å². The summed E-state index contributed by atoms with van der Waals surface area (Å²) in [5.74, 6) is 0.372. The molecule has 2 aromatic rings. The standard InChI is InChI=1S/C23H30N2O3/c1-6-28-21-10-8-7-9-20(21)25(17(2)26)16-15-22(27)24-19-13-11-18(12-14-19)23(3,4)5/h7-14H,6,15-16H2,1-5H3,(H,24,27). The molecule has 2 amide bonds. The zero-order chi connectivity index (χ0) is 20.7. The van der Waals surface area contributed by atoms with E-state index in [-0.39, 0.29) is 30.2 Å². The third kappa shape index (κ3) is 5.84. The summed E-state index contributed by atoms with van der Waals surface area (Å²) in [5, 5.41) is 2.90. The largest absolute Gasteiger partial charge is 0.492 e. The quantitative estimate of drug-likeness (QED) is 0.751. The van der Waals surface area contributed by atoms with E-state index in [1.54, 1.807) is 4.90 Å². The van der Waals surface area contributed by atoms with Gasteiger partial charge in [-0.1, -0.05) is 45.0 Å². The molecule has 2 aromatic carbocycles. The molecule has 0 spiro atoms. The lowest BCUT2D eigenvalue weighted by Gasteiger charge is -2.23. The SMILES string of the molecule is CCOc1ccccc1N(CCC(=O)Nc1ccc(C(C)(C)C)cc1)C(C)=O. The highest BCUT2D eigenvalue weighted by Gasteiger charge is 2.18. The van der Waals surface area contributed by atoms with Crippen molar-refractivity contribution in [2.45, 2.75) is 46.5 Å². The molecule has 0 aliphatic carbocycles. The summed E-state index contributed by atoms with van der Waals surface area (Å²) in [6.45, 7) is 10.6. The monoisotopic (exact) mass is 382 g/mol. The maximum Gasteiger partial charge on any atom is 0.226 e. The van der Waals surface area contributed by atoms with Crippen LogP contribution in [-0.4, -0.2) is 25.0 Å². The number of carbonyl (C=O) groups excluding carboxylic acids is 2. The highest BCUT2D eigenvalue weighted by atomic mass is 16.5. The molecule has 0 saturated heterocycles. The zero-order valence-electron chi connectivity index (χ0n) is 17.4. The average molecular weight is 383 g/mol. The second-order valence-electron chi connectivity index (χ2n) is 7.70. The van der Waals surface area contributed by atoms with Crippen molar-refractivity contribution in [1.29, 1.82) is 0 Å². The number of anilines is 2. The number of ether oxygens (including phenoxy) is 1. The van der Waals surface area contributed by atoms with Gasteiger partial charge in [0.2, 0.25) is 11.8 Å². The molecule has 0 atom stereocenters. The molecule has 1 N–H and O–H groups in total. The summed E-state index contributed by atoms with van der Waals surface area (Å²) < 4.78 is 5.61. The smallest absolute Gasteiger partial charge is 0.226 e. The fraction of sp³-hybridized carbons (Fsp3) is 0.391. The molecule has 5 heteroatoms. The van der Waals surface area contributed by atoms with Crippen molar-refractivity contribution in [2.24, 2.45) is 0 Å². The van der Waals surface area contributed by atoms with Gasteiger partial charge in [0.05, 0.1) is 12.3 Å². The number of rotatable bonds is 7. The van der Waals surface area contributed by atoms with Gasteiger partial charge in [-0.25, -0.2) is 0 Å². The van der Waals surface area contributed by atoms with Crippen LogP contribution in [-0.2, 0) is 15.0 Å². The van der Waals surface area contributed by atoms with Gasteiger partial charge in [-0.2, -0.15) is 0 Å². The Kier molecular flexibility index (Phi) is 7.21. The Bertz CT molecular complexity index is 807. The third-order valence-corrected chi connectivity index (χ3v) is 4.43. The summed E-state index contributed by atoms with van der Waals surface area (Å²) in [6.07, 6.45) is 0.195. The van der Waals surface area contributed by atoms with Crippen LogP contribution in [0.1, 0.15) is 46.6 Å². The Morgan fingerprint density at radius 2 is 1.68 bits per heavy atom. The fourth-order valence-corrected chi connectivity index (χ4v) is 2.90. The topological polar surface area (TPSA) is 58.6 Å². The molecule has 5 nitrogen and oxygen atoms in total. The van der Waals surface area contributed by atoms with Gasteiger partial charge in [0, 0.05) is 25.6 Å². The fourth-order valence-electron chi connectivity index (χ4n) is 2.90. The number of carbonyl (C=O) groups is 2. The lowest BCUT2D eigenvalue weighted by Crippen LogP contribution is -2.32. The molecule has 0 aliphatic rings. The minimum atomic E-state index is -0.136.